The number of hydrogen-bond acceptors (Lipinski definition) is 2. The van der Waals surface area contributed by atoms with Crippen molar-refractivity contribution in [2.45, 2.75) is 55.8 Å². The number of thioether (sulfide) groups is 1. The molecule has 3 heteroatoms. The molecule has 1 fully saturated rings. The molecule has 2 unspecified atom stereocenters. The van der Waals surface area contributed by atoms with Crippen molar-refractivity contribution in [3.8, 4) is 0 Å². The topological polar surface area (TPSA) is 20.2 Å². The van der Waals surface area contributed by atoms with Gasteiger partial charge in [-0.3, -0.25) is 0 Å². The lowest BCUT2D eigenvalue weighted by atomic mass is 9.91. The lowest BCUT2D eigenvalue weighted by molar-refractivity contribution is 0.191. The Morgan fingerprint density at radius 3 is 2.83 bits per heavy atom. The van der Waals surface area contributed by atoms with Gasteiger partial charge in [0.25, 0.3) is 0 Å². The first-order valence-corrected chi connectivity index (χ1v) is 7.59. The van der Waals surface area contributed by atoms with Crippen LogP contribution in [0.15, 0.2) is 23.1 Å². The van der Waals surface area contributed by atoms with E-state index in [9.17, 15) is 9.50 Å². The molecular weight excluding hydrogens is 247 g/mol. The van der Waals surface area contributed by atoms with E-state index in [1.807, 2.05) is 6.07 Å². The van der Waals surface area contributed by atoms with Gasteiger partial charge in [0.05, 0.1) is 6.10 Å². The third kappa shape index (κ3) is 3.27. The van der Waals surface area contributed by atoms with E-state index < -0.39 is 6.10 Å². The molecular formula is C15H21FOS. The summed E-state index contributed by atoms with van der Waals surface area (Å²) < 4.78 is 13.8. The van der Waals surface area contributed by atoms with Crippen molar-refractivity contribution in [3.63, 3.8) is 0 Å². The maximum absolute atomic E-state index is 13.8. The minimum Gasteiger partial charge on any atom is -0.389 e. The van der Waals surface area contributed by atoms with Crippen LogP contribution in [-0.2, 0) is 0 Å². The Kier molecular flexibility index (Phi) is 4.68. The van der Waals surface area contributed by atoms with Gasteiger partial charge in [0.2, 0.25) is 0 Å². The zero-order chi connectivity index (χ0) is 13.1. The van der Waals surface area contributed by atoms with Crippen molar-refractivity contribution in [2.24, 2.45) is 5.92 Å². The van der Waals surface area contributed by atoms with Crippen LogP contribution in [0.4, 0.5) is 4.39 Å². The fourth-order valence-electron chi connectivity index (χ4n) is 2.69. The Morgan fingerprint density at radius 2 is 2.17 bits per heavy atom. The van der Waals surface area contributed by atoms with Gasteiger partial charge >= 0.3 is 0 Å². The minimum atomic E-state index is -0.741. The summed E-state index contributed by atoms with van der Waals surface area (Å²) in [7, 11) is 0. The summed E-state index contributed by atoms with van der Waals surface area (Å²) in [6.45, 7) is 3.92. The van der Waals surface area contributed by atoms with Crippen molar-refractivity contribution in [2.75, 3.05) is 0 Å². The van der Waals surface area contributed by atoms with Crippen molar-refractivity contribution < 1.29 is 9.50 Å². The van der Waals surface area contributed by atoms with Gasteiger partial charge in [0.15, 0.2) is 0 Å². The zero-order valence-electron chi connectivity index (χ0n) is 11.0. The second-order valence-electron chi connectivity index (χ2n) is 5.34. The molecule has 1 aliphatic rings. The predicted molar refractivity (Wildman–Crippen MR) is 74.3 cm³/mol. The van der Waals surface area contributed by atoms with Crippen molar-refractivity contribution in [3.05, 3.63) is 29.6 Å². The Bertz CT molecular complexity index is 405. The van der Waals surface area contributed by atoms with Gasteiger partial charge in [-0.1, -0.05) is 25.8 Å². The molecule has 1 nitrogen and oxygen atoms in total. The van der Waals surface area contributed by atoms with E-state index in [-0.39, 0.29) is 5.82 Å². The predicted octanol–water partition coefficient (Wildman–Crippen LogP) is 4.55. The van der Waals surface area contributed by atoms with Crippen LogP contribution in [-0.4, -0.2) is 10.4 Å². The van der Waals surface area contributed by atoms with Gasteiger partial charge in [-0.25, -0.2) is 4.39 Å². The highest BCUT2D eigenvalue weighted by Gasteiger charge is 2.22. The van der Waals surface area contributed by atoms with E-state index in [1.165, 1.54) is 31.7 Å². The molecule has 0 saturated heterocycles. The number of halogens is 1. The van der Waals surface area contributed by atoms with E-state index in [0.29, 0.717) is 10.8 Å². The molecule has 1 aliphatic carbocycles. The summed E-state index contributed by atoms with van der Waals surface area (Å²) in [5, 5.41) is 10.3. The standard InChI is InChI=1S/C15H21FOS/c1-10-5-3-6-12(9-10)18-14-8-4-7-13(16)15(14)11(2)17/h4,7-8,10-12,17H,3,5-6,9H2,1-2H3/t10?,11-,12?/m1/s1. The molecule has 1 aromatic rings. The number of rotatable bonds is 3. The molecule has 100 valence electrons. The van der Waals surface area contributed by atoms with Gasteiger partial charge in [-0.05, 0) is 37.8 Å². The third-order valence-corrected chi connectivity index (χ3v) is 4.98. The average Bonchev–Trinajstić information content (AvgIpc) is 2.28. The summed E-state index contributed by atoms with van der Waals surface area (Å²) in [6.07, 6.45) is 4.22. The molecule has 0 heterocycles. The molecule has 0 amide bonds. The summed E-state index contributed by atoms with van der Waals surface area (Å²) >= 11 is 1.74. The maximum atomic E-state index is 13.8. The van der Waals surface area contributed by atoms with Crippen LogP contribution in [0.25, 0.3) is 0 Å². The van der Waals surface area contributed by atoms with Gasteiger partial charge in [0.1, 0.15) is 5.82 Å². The lowest BCUT2D eigenvalue weighted by Gasteiger charge is -2.27. The second kappa shape index (κ2) is 6.07. The summed E-state index contributed by atoms with van der Waals surface area (Å²) in [4.78, 5) is 0.907. The number of hydrogen-bond donors (Lipinski definition) is 1. The highest BCUT2D eigenvalue weighted by Crippen LogP contribution is 2.39. The van der Waals surface area contributed by atoms with Gasteiger partial charge < -0.3 is 5.11 Å². The Morgan fingerprint density at radius 1 is 1.39 bits per heavy atom. The molecule has 1 aromatic carbocycles. The molecule has 1 N–H and O–H groups in total. The van der Waals surface area contributed by atoms with E-state index in [2.05, 4.69) is 6.92 Å². The van der Waals surface area contributed by atoms with Crippen LogP contribution in [0.1, 0.15) is 51.2 Å². The fraction of sp³-hybridized carbons (Fsp3) is 0.600. The minimum absolute atomic E-state index is 0.293. The molecule has 18 heavy (non-hydrogen) atoms. The van der Waals surface area contributed by atoms with Gasteiger partial charge in [0, 0.05) is 15.7 Å². The third-order valence-electron chi connectivity index (χ3n) is 3.61. The number of aliphatic hydroxyl groups is 1. The molecule has 0 bridgehead atoms. The summed E-state index contributed by atoms with van der Waals surface area (Å²) in [6, 6.07) is 5.08. The number of benzene rings is 1. The Hall–Kier alpha value is -0.540. The lowest BCUT2D eigenvalue weighted by Crippen LogP contribution is -2.15. The van der Waals surface area contributed by atoms with Crippen LogP contribution >= 0.6 is 11.8 Å². The van der Waals surface area contributed by atoms with Crippen molar-refractivity contribution in [1.29, 1.82) is 0 Å². The first-order chi connectivity index (χ1) is 8.58. The first kappa shape index (κ1) is 13.9. The smallest absolute Gasteiger partial charge is 0.130 e. The quantitative estimate of drug-likeness (QED) is 0.868. The maximum Gasteiger partial charge on any atom is 0.130 e. The fourth-order valence-corrected chi connectivity index (χ4v) is 4.31. The van der Waals surface area contributed by atoms with Gasteiger partial charge in [-0.2, -0.15) is 0 Å². The first-order valence-electron chi connectivity index (χ1n) is 6.71. The average molecular weight is 268 g/mol. The van der Waals surface area contributed by atoms with Crippen LogP contribution in [0.3, 0.4) is 0 Å². The number of aliphatic hydroxyl groups excluding tert-OH is 1. The van der Waals surface area contributed by atoms with E-state index in [1.54, 1.807) is 24.8 Å². The molecule has 0 aromatic heterocycles. The van der Waals surface area contributed by atoms with E-state index >= 15 is 0 Å². The highest BCUT2D eigenvalue weighted by atomic mass is 32.2. The van der Waals surface area contributed by atoms with E-state index in [0.717, 1.165) is 10.8 Å². The van der Waals surface area contributed by atoms with Crippen LogP contribution < -0.4 is 0 Å². The molecule has 0 spiro atoms. The summed E-state index contributed by atoms with van der Waals surface area (Å²) in [5.74, 6) is 0.471. The molecule has 2 rings (SSSR count). The monoisotopic (exact) mass is 268 g/mol. The van der Waals surface area contributed by atoms with Crippen LogP contribution in [0, 0.1) is 11.7 Å². The Balaban J connectivity index is 2.15. The molecule has 0 aliphatic heterocycles. The van der Waals surface area contributed by atoms with E-state index in [4.69, 9.17) is 0 Å². The van der Waals surface area contributed by atoms with Crippen molar-refractivity contribution in [1.82, 2.24) is 0 Å². The molecule has 3 atom stereocenters. The molecule has 0 radical (unpaired) electrons. The SMILES string of the molecule is CC1CCCC(Sc2cccc(F)c2[C@@H](C)O)C1. The van der Waals surface area contributed by atoms with Crippen LogP contribution in [0.5, 0.6) is 0 Å². The normalized spacial score (nSPS) is 26.0. The van der Waals surface area contributed by atoms with Crippen molar-refractivity contribution >= 4 is 11.8 Å². The van der Waals surface area contributed by atoms with Gasteiger partial charge in [-0.15, -0.1) is 11.8 Å². The summed E-state index contributed by atoms with van der Waals surface area (Å²) in [5.41, 5.74) is 0.459. The zero-order valence-corrected chi connectivity index (χ0v) is 11.8. The second-order valence-corrected chi connectivity index (χ2v) is 6.68. The Labute approximate surface area is 113 Å². The highest BCUT2D eigenvalue weighted by molar-refractivity contribution is 8.00. The van der Waals surface area contributed by atoms with Crippen LogP contribution in [0.2, 0.25) is 0 Å². The largest absolute Gasteiger partial charge is 0.389 e. The molecule has 1 saturated carbocycles.